The quantitative estimate of drug-likeness (QED) is 0.769. The summed E-state index contributed by atoms with van der Waals surface area (Å²) in [7, 11) is 1.22. The van der Waals surface area contributed by atoms with Gasteiger partial charge in [0.1, 0.15) is 11.3 Å². The van der Waals surface area contributed by atoms with E-state index in [4.69, 9.17) is 0 Å². The minimum Gasteiger partial charge on any atom is -0.387 e. The number of aromatic nitrogens is 3. The van der Waals surface area contributed by atoms with Crippen molar-refractivity contribution in [2.45, 2.75) is 18.8 Å². The number of nitrogens with zero attached hydrogens (tertiary/aromatic N) is 3. The molecule has 0 saturated heterocycles. The van der Waals surface area contributed by atoms with E-state index >= 15 is 0 Å². The predicted octanol–water partition coefficient (Wildman–Crippen LogP) is 1.85. The minimum absolute atomic E-state index is 0.139. The number of pyridine rings is 1. The second-order valence-corrected chi connectivity index (χ2v) is 5.75. The van der Waals surface area contributed by atoms with Gasteiger partial charge in [-0.2, -0.15) is 13.2 Å². The van der Waals surface area contributed by atoms with Gasteiger partial charge in [0.2, 0.25) is 0 Å². The number of alkyl halides is 3. The molecule has 136 valence electrons. The second-order valence-electron chi connectivity index (χ2n) is 5.75. The van der Waals surface area contributed by atoms with Crippen LogP contribution < -0.4 is 11.2 Å². The van der Waals surface area contributed by atoms with Crippen LogP contribution in [0, 0.1) is 0 Å². The Bertz CT molecular complexity index is 1070. The summed E-state index contributed by atoms with van der Waals surface area (Å²) in [6, 6.07) is 10.1. The van der Waals surface area contributed by atoms with Crippen LogP contribution in [0.1, 0.15) is 17.4 Å². The number of rotatable bonds is 3. The summed E-state index contributed by atoms with van der Waals surface area (Å²) in [5.41, 5.74) is -2.71. The summed E-state index contributed by atoms with van der Waals surface area (Å²) < 4.78 is 40.1. The summed E-state index contributed by atoms with van der Waals surface area (Å²) in [5, 5.41) is 10.1. The first-order valence-corrected chi connectivity index (χ1v) is 7.61. The van der Waals surface area contributed by atoms with Crippen LogP contribution in [0.4, 0.5) is 13.2 Å². The number of fused-ring (bicyclic) bond motifs is 1. The average molecular weight is 365 g/mol. The van der Waals surface area contributed by atoms with Gasteiger partial charge in [0.05, 0.1) is 18.0 Å². The zero-order chi connectivity index (χ0) is 19.1. The van der Waals surface area contributed by atoms with E-state index in [2.05, 4.69) is 4.98 Å². The summed E-state index contributed by atoms with van der Waals surface area (Å²) in [4.78, 5) is 28.4. The van der Waals surface area contributed by atoms with E-state index in [-0.39, 0.29) is 17.6 Å². The van der Waals surface area contributed by atoms with Crippen molar-refractivity contribution in [2.24, 2.45) is 7.05 Å². The Hall–Kier alpha value is -2.94. The maximum atomic E-state index is 12.8. The molecule has 0 aliphatic rings. The maximum absolute atomic E-state index is 12.8. The van der Waals surface area contributed by atoms with Gasteiger partial charge >= 0.3 is 11.9 Å². The number of benzene rings is 1. The number of halogens is 3. The van der Waals surface area contributed by atoms with Crippen molar-refractivity contribution in [1.29, 1.82) is 0 Å². The second kappa shape index (κ2) is 6.41. The lowest BCUT2D eigenvalue weighted by atomic mass is 10.1. The van der Waals surface area contributed by atoms with Crippen LogP contribution in [0.3, 0.4) is 0 Å². The molecule has 1 N–H and O–H groups in total. The minimum atomic E-state index is -4.69. The maximum Gasteiger partial charge on any atom is 0.433 e. The number of aliphatic hydroxyl groups is 1. The molecule has 0 bridgehead atoms. The fourth-order valence-electron chi connectivity index (χ4n) is 2.65. The van der Waals surface area contributed by atoms with Crippen LogP contribution in [0.15, 0.2) is 52.1 Å². The molecule has 6 nitrogen and oxygen atoms in total. The van der Waals surface area contributed by atoms with E-state index in [1.807, 2.05) is 0 Å². The molecule has 26 heavy (non-hydrogen) atoms. The van der Waals surface area contributed by atoms with Crippen LogP contribution in [0.25, 0.3) is 11.0 Å². The van der Waals surface area contributed by atoms with E-state index in [9.17, 15) is 27.9 Å². The lowest BCUT2D eigenvalue weighted by Gasteiger charge is -2.15. The first kappa shape index (κ1) is 17.9. The highest BCUT2D eigenvalue weighted by atomic mass is 19.4. The van der Waals surface area contributed by atoms with Gasteiger partial charge in [-0.15, -0.1) is 0 Å². The van der Waals surface area contributed by atoms with Gasteiger partial charge in [-0.05, 0) is 17.7 Å². The molecular weight excluding hydrogens is 351 g/mol. The fraction of sp³-hybridized carbons (Fsp3) is 0.235. The van der Waals surface area contributed by atoms with Crippen molar-refractivity contribution in [3.8, 4) is 0 Å². The number of hydrogen-bond donors (Lipinski definition) is 1. The number of aliphatic hydroxyl groups excluding tert-OH is 1. The smallest absolute Gasteiger partial charge is 0.387 e. The van der Waals surface area contributed by atoms with Crippen molar-refractivity contribution in [2.75, 3.05) is 0 Å². The SMILES string of the molecule is Cn1c(=O)n(C[C@@H](O)c2ccccc2)c(=O)c2ccc(C(F)(F)F)nc21. The van der Waals surface area contributed by atoms with Crippen LogP contribution in [0.2, 0.25) is 0 Å². The highest BCUT2D eigenvalue weighted by Gasteiger charge is 2.33. The van der Waals surface area contributed by atoms with Gasteiger partial charge < -0.3 is 5.11 Å². The molecule has 1 aromatic carbocycles. The Morgan fingerprint density at radius 1 is 1.12 bits per heavy atom. The number of hydrogen-bond acceptors (Lipinski definition) is 4. The molecular formula is C17H14F3N3O3. The van der Waals surface area contributed by atoms with Crippen molar-refractivity contribution in [3.63, 3.8) is 0 Å². The van der Waals surface area contributed by atoms with Crippen molar-refractivity contribution in [3.05, 3.63) is 74.6 Å². The zero-order valence-electron chi connectivity index (χ0n) is 13.6. The first-order chi connectivity index (χ1) is 12.2. The highest BCUT2D eigenvalue weighted by Crippen LogP contribution is 2.28. The monoisotopic (exact) mass is 365 g/mol. The average Bonchev–Trinajstić information content (AvgIpc) is 2.62. The molecule has 0 spiro atoms. The van der Waals surface area contributed by atoms with Crippen LogP contribution in [0.5, 0.6) is 0 Å². The van der Waals surface area contributed by atoms with Gasteiger partial charge in [-0.1, -0.05) is 30.3 Å². The highest BCUT2D eigenvalue weighted by molar-refractivity contribution is 5.74. The molecule has 2 heterocycles. The van der Waals surface area contributed by atoms with Crippen molar-refractivity contribution < 1.29 is 18.3 Å². The molecule has 0 unspecified atom stereocenters. The topological polar surface area (TPSA) is 77.1 Å². The molecule has 3 rings (SSSR count). The van der Waals surface area contributed by atoms with E-state index < -0.39 is 29.2 Å². The van der Waals surface area contributed by atoms with E-state index in [1.54, 1.807) is 30.3 Å². The van der Waals surface area contributed by atoms with Crippen LogP contribution in [-0.4, -0.2) is 19.2 Å². The Balaban J connectivity index is 2.14. The normalized spacial score (nSPS) is 13.1. The molecule has 0 radical (unpaired) electrons. The summed E-state index contributed by atoms with van der Waals surface area (Å²) in [6.45, 7) is -0.327. The number of aryl methyl sites for hydroxylation is 1. The van der Waals surface area contributed by atoms with Gasteiger partial charge in [0.15, 0.2) is 0 Å². The van der Waals surface area contributed by atoms with Crippen molar-refractivity contribution >= 4 is 11.0 Å². The molecule has 1 atom stereocenters. The lowest BCUT2D eigenvalue weighted by Crippen LogP contribution is -2.40. The summed E-state index contributed by atoms with van der Waals surface area (Å²) in [5.74, 6) is 0. The van der Waals surface area contributed by atoms with Gasteiger partial charge in [-0.3, -0.25) is 13.9 Å². The largest absolute Gasteiger partial charge is 0.433 e. The molecule has 0 fully saturated rings. The first-order valence-electron chi connectivity index (χ1n) is 7.61. The summed E-state index contributed by atoms with van der Waals surface area (Å²) in [6.07, 6.45) is -5.82. The van der Waals surface area contributed by atoms with E-state index in [0.717, 1.165) is 15.2 Å². The molecule has 2 aromatic heterocycles. The Morgan fingerprint density at radius 2 is 1.77 bits per heavy atom. The lowest BCUT2D eigenvalue weighted by molar-refractivity contribution is -0.141. The molecule has 0 saturated carbocycles. The third kappa shape index (κ3) is 3.13. The zero-order valence-corrected chi connectivity index (χ0v) is 13.6. The molecule has 0 aliphatic carbocycles. The third-order valence-electron chi connectivity index (χ3n) is 4.02. The van der Waals surface area contributed by atoms with Crippen molar-refractivity contribution in [1.82, 2.24) is 14.1 Å². The van der Waals surface area contributed by atoms with Gasteiger partial charge in [0.25, 0.3) is 5.56 Å². The van der Waals surface area contributed by atoms with Crippen LogP contribution in [-0.2, 0) is 19.8 Å². The van der Waals surface area contributed by atoms with Gasteiger partial charge in [-0.25, -0.2) is 9.78 Å². The molecule has 9 heteroatoms. The summed E-state index contributed by atoms with van der Waals surface area (Å²) >= 11 is 0. The van der Waals surface area contributed by atoms with E-state index in [1.165, 1.54) is 7.05 Å². The Labute approximate surface area is 144 Å². The van der Waals surface area contributed by atoms with Gasteiger partial charge in [0, 0.05) is 7.05 Å². The van der Waals surface area contributed by atoms with E-state index in [0.29, 0.717) is 11.6 Å². The molecule has 0 aliphatic heterocycles. The molecule has 3 aromatic rings. The Kier molecular flexibility index (Phi) is 4.41. The predicted molar refractivity (Wildman–Crippen MR) is 87.6 cm³/mol. The Morgan fingerprint density at radius 3 is 2.38 bits per heavy atom. The molecule has 0 amide bonds. The standard InChI is InChI=1S/C17H14F3N3O3/c1-22-14-11(7-8-13(21-14)17(18,19)20)15(25)23(16(22)26)9-12(24)10-5-3-2-4-6-10/h2-8,12,24H,9H2,1H3/t12-/m1/s1. The fourth-order valence-corrected chi connectivity index (χ4v) is 2.65. The van der Waals surface area contributed by atoms with Crippen LogP contribution >= 0.6 is 0 Å². The third-order valence-corrected chi connectivity index (χ3v) is 4.02.